The maximum Gasteiger partial charge on any atom is 0.303 e. The number of allylic oxidation sites excluding steroid dienone is 2. The van der Waals surface area contributed by atoms with Crippen LogP contribution in [0.4, 0.5) is 0 Å². The highest BCUT2D eigenvalue weighted by atomic mass is 16.4. The van der Waals surface area contributed by atoms with Crippen LogP contribution in [0.3, 0.4) is 0 Å². The van der Waals surface area contributed by atoms with Gasteiger partial charge in [0.1, 0.15) is 0 Å². The molecule has 0 heterocycles. The minimum absolute atomic E-state index is 0.222. The zero-order valence-corrected chi connectivity index (χ0v) is 19.5. The molecule has 0 saturated carbocycles. The Bertz CT molecular complexity index is 343. The zero-order valence-electron chi connectivity index (χ0n) is 19.5. The van der Waals surface area contributed by atoms with Crippen molar-refractivity contribution in [2.45, 2.75) is 124 Å². The molecule has 0 atom stereocenters. The van der Waals surface area contributed by atoms with Gasteiger partial charge in [-0.25, -0.2) is 0 Å². The summed E-state index contributed by atoms with van der Waals surface area (Å²) in [6, 6.07) is 0. The predicted octanol–water partition coefficient (Wildman–Crippen LogP) is 6.94. The van der Waals surface area contributed by atoms with Gasteiger partial charge >= 0.3 is 11.9 Å². The molecule has 0 rings (SSSR count). The number of nitrogens with two attached hydrogens (primary N) is 1. The number of unbranched alkanes of at least 4 members (excludes halogenated alkanes) is 12. The SMILES string of the molecule is CCC(=O)O.CCC(=O)O.CCCCCCCC/C=C\CCCCCCCCN. The second-order valence-corrected chi connectivity index (χ2v) is 7.22. The molecule has 0 aliphatic rings. The third kappa shape index (κ3) is 46.6. The third-order valence-electron chi connectivity index (χ3n) is 4.32. The van der Waals surface area contributed by atoms with Crippen molar-refractivity contribution in [1.29, 1.82) is 0 Å². The van der Waals surface area contributed by atoms with Crippen LogP contribution in [0.25, 0.3) is 0 Å². The van der Waals surface area contributed by atoms with Gasteiger partial charge in [-0.3, -0.25) is 9.59 Å². The lowest BCUT2D eigenvalue weighted by Gasteiger charge is -1.99. The first-order valence-corrected chi connectivity index (χ1v) is 11.7. The van der Waals surface area contributed by atoms with Crippen LogP contribution in [0, 0.1) is 0 Å². The fourth-order valence-electron chi connectivity index (χ4n) is 2.39. The summed E-state index contributed by atoms with van der Waals surface area (Å²) < 4.78 is 0. The number of aliphatic carboxylic acids is 2. The molecule has 29 heavy (non-hydrogen) atoms. The monoisotopic (exact) mass is 415 g/mol. The molecule has 0 unspecified atom stereocenters. The van der Waals surface area contributed by atoms with Gasteiger partial charge in [0, 0.05) is 12.8 Å². The molecule has 0 bridgehead atoms. The predicted molar refractivity (Wildman–Crippen MR) is 124 cm³/mol. The van der Waals surface area contributed by atoms with E-state index in [0.717, 1.165) is 6.54 Å². The third-order valence-corrected chi connectivity index (χ3v) is 4.32. The van der Waals surface area contributed by atoms with Crippen molar-refractivity contribution in [3.63, 3.8) is 0 Å². The molecule has 0 saturated heterocycles. The summed E-state index contributed by atoms with van der Waals surface area (Å²) in [4.78, 5) is 18.7. The van der Waals surface area contributed by atoms with E-state index in [1.807, 2.05) is 0 Å². The van der Waals surface area contributed by atoms with Crippen LogP contribution in [0.1, 0.15) is 124 Å². The van der Waals surface area contributed by atoms with Crippen molar-refractivity contribution in [2.24, 2.45) is 5.73 Å². The minimum atomic E-state index is -0.745. The summed E-state index contributed by atoms with van der Waals surface area (Å²) in [5.74, 6) is -1.49. The Morgan fingerprint density at radius 1 is 0.621 bits per heavy atom. The summed E-state index contributed by atoms with van der Waals surface area (Å²) >= 11 is 0. The molecule has 0 fully saturated rings. The molecule has 4 N–H and O–H groups in total. The van der Waals surface area contributed by atoms with Crippen molar-refractivity contribution in [2.75, 3.05) is 6.54 Å². The van der Waals surface area contributed by atoms with Crippen molar-refractivity contribution < 1.29 is 19.8 Å². The molecule has 0 radical (unpaired) electrons. The van der Waals surface area contributed by atoms with Crippen LogP contribution in [-0.4, -0.2) is 28.7 Å². The highest BCUT2D eigenvalue weighted by Gasteiger charge is 1.90. The van der Waals surface area contributed by atoms with Gasteiger partial charge in [0.2, 0.25) is 0 Å². The Hall–Kier alpha value is -1.36. The van der Waals surface area contributed by atoms with E-state index in [4.69, 9.17) is 15.9 Å². The van der Waals surface area contributed by atoms with Crippen LogP contribution >= 0.6 is 0 Å². The largest absolute Gasteiger partial charge is 0.481 e. The average Bonchev–Trinajstić information content (AvgIpc) is 2.71. The molecule has 0 aromatic carbocycles. The lowest BCUT2D eigenvalue weighted by Crippen LogP contribution is -1.97. The maximum absolute atomic E-state index is 9.37. The van der Waals surface area contributed by atoms with Crippen LogP contribution in [0.5, 0.6) is 0 Å². The summed E-state index contributed by atoms with van der Waals surface area (Å²) in [6.45, 7) is 6.34. The quantitative estimate of drug-likeness (QED) is 0.176. The van der Waals surface area contributed by atoms with Gasteiger partial charge in [-0.1, -0.05) is 90.7 Å². The van der Waals surface area contributed by atoms with Gasteiger partial charge in [0.25, 0.3) is 0 Å². The van der Waals surface area contributed by atoms with E-state index in [0.29, 0.717) is 0 Å². The second kappa shape index (κ2) is 31.3. The van der Waals surface area contributed by atoms with Gasteiger partial charge in [0.15, 0.2) is 0 Å². The van der Waals surface area contributed by atoms with Gasteiger partial charge in [-0.05, 0) is 38.6 Å². The minimum Gasteiger partial charge on any atom is -0.481 e. The molecule has 174 valence electrons. The van der Waals surface area contributed by atoms with E-state index in [1.165, 1.54) is 89.9 Å². The average molecular weight is 416 g/mol. The summed E-state index contributed by atoms with van der Waals surface area (Å²) in [5, 5.41) is 15.4. The standard InChI is InChI=1S/C18H37N.2C3H6O2/c1-2-3-4-5-6-7-8-9-10-11-12-13-14-15-16-17-18-19;2*1-2-3(4)5/h9-10H,2-8,11-19H2,1H3;2*2H2,1H3,(H,4,5)/b10-9-;;. The van der Waals surface area contributed by atoms with E-state index in [1.54, 1.807) is 13.8 Å². The second-order valence-electron chi connectivity index (χ2n) is 7.22. The molecular formula is C24H49NO4. The van der Waals surface area contributed by atoms with Crippen LogP contribution in [0.2, 0.25) is 0 Å². The Balaban J connectivity index is -0.000000555. The number of carboxylic acid groups (broad SMARTS) is 2. The number of carbonyl (C=O) groups is 2. The number of rotatable bonds is 17. The summed E-state index contributed by atoms with van der Waals surface area (Å²) in [6.07, 6.45) is 24.3. The molecule has 5 heteroatoms. The number of hydrogen-bond acceptors (Lipinski definition) is 3. The van der Waals surface area contributed by atoms with E-state index in [-0.39, 0.29) is 12.8 Å². The first-order chi connectivity index (χ1) is 14.0. The van der Waals surface area contributed by atoms with E-state index in [9.17, 15) is 9.59 Å². The topological polar surface area (TPSA) is 101 Å². The first kappa shape index (κ1) is 32.3. The van der Waals surface area contributed by atoms with Crippen molar-refractivity contribution in [3.8, 4) is 0 Å². The molecule has 0 aromatic heterocycles. The molecule has 0 amide bonds. The van der Waals surface area contributed by atoms with E-state index < -0.39 is 11.9 Å². The lowest BCUT2D eigenvalue weighted by molar-refractivity contribution is -0.137. The fraction of sp³-hybridized carbons (Fsp3) is 0.833. The molecule has 0 aliphatic heterocycles. The van der Waals surface area contributed by atoms with Gasteiger partial charge < -0.3 is 15.9 Å². The Morgan fingerprint density at radius 2 is 0.931 bits per heavy atom. The lowest BCUT2D eigenvalue weighted by atomic mass is 10.1. The summed E-state index contributed by atoms with van der Waals surface area (Å²) in [5.41, 5.74) is 5.47. The van der Waals surface area contributed by atoms with Gasteiger partial charge in [-0.2, -0.15) is 0 Å². The fourth-order valence-corrected chi connectivity index (χ4v) is 2.39. The number of hydrogen-bond donors (Lipinski definition) is 3. The van der Waals surface area contributed by atoms with Crippen molar-refractivity contribution >= 4 is 11.9 Å². The van der Waals surface area contributed by atoms with Crippen LogP contribution < -0.4 is 5.73 Å². The van der Waals surface area contributed by atoms with Crippen LogP contribution in [-0.2, 0) is 9.59 Å². The highest BCUT2D eigenvalue weighted by molar-refractivity contribution is 5.66. The Labute approximate surface area is 180 Å². The number of carboxylic acids is 2. The smallest absolute Gasteiger partial charge is 0.303 e. The molecular weight excluding hydrogens is 366 g/mol. The van der Waals surface area contributed by atoms with Gasteiger partial charge in [0.05, 0.1) is 0 Å². The Morgan fingerprint density at radius 3 is 1.24 bits per heavy atom. The van der Waals surface area contributed by atoms with Gasteiger partial charge in [-0.15, -0.1) is 0 Å². The zero-order chi connectivity index (χ0) is 22.6. The molecule has 0 aromatic rings. The van der Waals surface area contributed by atoms with Crippen LogP contribution in [0.15, 0.2) is 12.2 Å². The Kier molecular flexibility index (Phi) is 34.9. The maximum atomic E-state index is 9.37. The molecule has 0 spiro atoms. The molecule has 5 nitrogen and oxygen atoms in total. The first-order valence-electron chi connectivity index (χ1n) is 11.7. The van der Waals surface area contributed by atoms with Crippen molar-refractivity contribution in [1.82, 2.24) is 0 Å². The van der Waals surface area contributed by atoms with Crippen molar-refractivity contribution in [3.05, 3.63) is 12.2 Å². The highest BCUT2D eigenvalue weighted by Crippen LogP contribution is 2.09. The molecule has 0 aliphatic carbocycles. The van der Waals surface area contributed by atoms with E-state index >= 15 is 0 Å². The summed E-state index contributed by atoms with van der Waals surface area (Å²) in [7, 11) is 0. The van der Waals surface area contributed by atoms with E-state index in [2.05, 4.69) is 19.1 Å². The normalized spacial score (nSPS) is 10.1.